The molecule has 5 rings (SSSR count). The van der Waals surface area contributed by atoms with Crippen LogP contribution in [-0.4, -0.2) is 32.2 Å². The summed E-state index contributed by atoms with van der Waals surface area (Å²) in [5, 5.41) is 9.51. The van der Waals surface area contributed by atoms with E-state index in [-0.39, 0.29) is 5.75 Å². The Balaban J connectivity index is 1.31. The number of imidazole rings is 1. The minimum atomic E-state index is -4.73. The van der Waals surface area contributed by atoms with Crippen molar-refractivity contribution in [2.45, 2.75) is 19.7 Å². The minimum absolute atomic E-state index is 0.279. The Morgan fingerprint density at radius 1 is 1.08 bits per heavy atom. The molecule has 0 fully saturated rings. The van der Waals surface area contributed by atoms with E-state index in [0.29, 0.717) is 16.6 Å². The maximum Gasteiger partial charge on any atom is 0.573 e. The van der Waals surface area contributed by atoms with Gasteiger partial charge in [0.1, 0.15) is 17.9 Å². The van der Waals surface area contributed by atoms with Gasteiger partial charge in [-0.25, -0.2) is 9.97 Å². The molecule has 0 atom stereocenters. The molecule has 192 valence electrons. The van der Waals surface area contributed by atoms with E-state index in [1.165, 1.54) is 12.1 Å². The highest BCUT2D eigenvalue weighted by atomic mass is 32.1. The monoisotopic (exact) mass is 534 g/mol. The van der Waals surface area contributed by atoms with E-state index in [1.807, 2.05) is 54.0 Å². The lowest BCUT2D eigenvalue weighted by Crippen LogP contribution is -2.25. The highest BCUT2D eigenvalue weighted by Crippen LogP contribution is 2.28. The fourth-order valence-corrected chi connectivity index (χ4v) is 4.21. The summed E-state index contributed by atoms with van der Waals surface area (Å²) < 4.78 is 43.1. The largest absolute Gasteiger partial charge is 0.573 e. The van der Waals surface area contributed by atoms with E-state index >= 15 is 0 Å². The number of rotatable bonds is 6. The Morgan fingerprint density at radius 3 is 2.66 bits per heavy atom. The molecule has 0 aliphatic heterocycles. The molecule has 0 saturated carbocycles. The van der Waals surface area contributed by atoms with E-state index in [1.54, 1.807) is 30.9 Å². The van der Waals surface area contributed by atoms with Crippen molar-refractivity contribution in [2.75, 3.05) is 5.32 Å². The number of hydrogen-bond acceptors (Lipinski definition) is 5. The lowest BCUT2D eigenvalue weighted by Gasteiger charge is -2.10. The Hall–Kier alpha value is -4.51. The summed E-state index contributed by atoms with van der Waals surface area (Å²) >= 11 is 5.32. The van der Waals surface area contributed by atoms with Gasteiger partial charge < -0.3 is 10.1 Å². The molecule has 0 aliphatic rings. The highest BCUT2D eigenvalue weighted by Gasteiger charge is 2.31. The average molecular weight is 535 g/mol. The minimum Gasteiger partial charge on any atom is -0.406 e. The number of fused-ring (bicyclic) bond motifs is 3. The van der Waals surface area contributed by atoms with Gasteiger partial charge in [0.15, 0.2) is 5.11 Å². The van der Waals surface area contributed by atoms with Gasteiger partial charge in [-0.15, -0.1) is 13.2 Å². The maximum absolute atomic E-state index is 12.5. The van der Waals surface area contributed by atoms with Crippen LogP contribution in [0, 0.1) is 0 Å². The second kappa shape index (κ2) is 10.5. The number of thiocarbonyl (C=S) groups is 1. The second-order valence-electron chi connectivity index (χ2n) is 8.26. The van der Waals surface area contributed by atoms with Crippen LogP contribution >= 0.6 is 12.2 Å². The van der Waals surface area contributed by atoms with Gasteiger partial charge in [-0.2, -0.15) is 5.10 Å². The van der Waals surface area contributed by atoms with Crippen LogP contribution in [0.5, 0.6) is 5.75 Å². The van der Waals surface area contributed by atoms with Crippen molar-refractivity contribution in [3.05, 3.63) is 90.4 Å². The van der Waals surface area contributed by atoms with Crippen LogP contribution in [0.1, 0.15) is 18.1 Å². The Bertz CT molecular complexity index is 1650. The smallest absolute Gasteiger partial charge is 0.406 e. The Kier molecular flexibility index (Phi) is 6.93. The zero-order valence-electron chi connectivity index (χ0n) is 20.0. The standard InChI is InChI=1S/C27H21F3N6OS/c1-2-18-4-3-13-31-25(18)34-26(38)35-33-15-17-5-11-22-19(14-17)6-12-23-24(22)32-16-36(23)20-7-9-21(10-8-20)37-27(28,29)30/h3-16H,2H2,1H3,(H2,31,34,35,38)/b33-15+. The van der Waals surface area contributed by atoms with E-state index in [0.717, 1.165) is 39.4 Å². The predicted molar refractivity (Wildman–Crippen MR) is 146 cm³/mol. The van der Waals surface area contributed by atoms with Crippen molar-refractivity contribution < 1.29 is 17.9 Å². The molecule has 0 amide bonds. The first kappa shape index (κ1) is 25.2. The Labute approximate surface area is 221 Å². The number of hydrazone groups is 1. The third-order valence-corrected chi connectivity index (χ3v) is 5.98. The number of nitrogens with zero attached hydrogens (tertiary/aromatic N) is 4. The third-order valence-electron chi connectivity index (χ3n) is 5.79. The topological polar surface area (TPSA) is 76.4 Å². The molecule has 0 bridgehead atoms. The van der Waals surface area contributed by atoms with Gasteiger partial charge in [-0.05, 0) is 77.6 Å². The van der Waals surface area contributed by atoms with Crippen LogP contribution in [-0.2, 0) is 6.42 Å². The SMILES string of the molecule is CCc1cccnc1NC(=S)N/N=C/c1ccc2c(ccc3c2ncn3-c2ccc(OC(F)(F)F)cc2)c1. The molecule has 0 aliphatic carbocycles. The quantitative estimate of drug-likeness (QED) is 0.150. The van der Waals surface area contributed by atoms with Crippen molar-refractivity contribution in [3.8, 4) is 11.4 Å². The molecule has 7 nitrogen and oxygen atoms in total. The van der Waals surface area contributed by atoms with Crippen molar-refractivity contribution in [1.29, 1.82) is 0 Å². The van der Waals surface area contributed by atoms with Crippen molar-refractivity contribution in [1.82, 2.24) is 20.0 Å². The first-order valence-corrected chi connectivity index (χ1v) is 12.0. The first-order chi connectivity index (χ1) is 18.3. The Morgan fingerprint density at radius 2 is 1.89 bits per heavy atom. The summed E-state index contributed by atoms with van der Waals surface area (Å²) in [6.07, 6.45) is 1.10. The lowest BCUT2D eigenvalue weighted by molar-refractivity contribution is -0.274. The van der Waals surface area contributed by atoms with Crippen LogP contribution in [0.2, 0.25) is 0 Å². The molecule has 2 heterocycles. The van der Waals surface area contributed by atoms with Gasteiger partial charge >= 0.3 is 6.36 Å². The van der Waals surface area contributed by atoms with Crippen LogP contribution in [0.4, 0.5) is 19.0 Å². The van der Waals surface area contributed by atoms with E-state index in [4.69, 9.17) is 12.2 Å². The zero-order chi connectivity index (χ0) is 26.7. The summed E-state index contributed by atoms with van der Waals surface area (Å²) in [4.78, 5) is 8.86. The van der Waals surface area contributed by atoms with Gasteiger partial charge in [0.05, 0.1) is 17.2 Å². The van der Waals surface area contributed by atoms with Crippen LogP contribution in [0.3, 0.4) is 0 Å². The van der Waals surface area contributed by atoms with E-state index in [2.05, 4.69) is 30.5 Å². The first-order valence-electron chi connectivity index (χ1n) is 11.6. The molecule has 3 aromatic carbocycles. The number of benzene rings is 3. The number of anilines is 1. The van der Waals surface area contributed by atoms with Crippen LogP contribution in [0.15, 0.2) is 84.4 Å². The van der Waals surface area contributed by atoms with E-state index < -0.39 is 6.36 Å². The number of halogens is 3. The van der Waals surface area contributed by atoms with Gasteiger partial charge in [-0.3, -0.25) is 9.99 Å². The number of nitrogens with one attached hydrogen (secondary N) is 2. The van der Waals surface area contributed by atoms with Gasteiger partial charge in [0, 0.05) is 17.3 Å². The number of alkyl halides is 3. The fourth-order valence-electron chi connectivity index (χ4n) is 4.06. The summed E-state index contributed by atoms with van der Waals surface area (Å²) in [6, 6.07) is 19.2. The van der Waals surface area contributed by atoms with Gasteiger partial charge in [0.25, 0.3) is 0 Å². The van der Waals surface area contributed by atoms with Crippen LogP contribution in [0.25, 0.3) is 27.5 Å². The summed E-state index contributed by atoms with van der Waals surface area (Å²) in [7, 11) is 0. The molecule has 2 N–H and O–H groups in total. The highest BCUT2D eigenvalue weighted by molar-refractivity contribution is 7.80. The molecule has 2 aromatic heterocycles. The number of ether oxygens (including phenoxy) is 1. The average Bonchev–Trinajstić information content (AvgIpc) is 3.33. The molecule has 38 heavy (non-hydrogen) atoms. The van der Waals surface area contributed by atoms with Gasteiger partial charge in [0.2, 0.25) is 0 Å². The number of hydrogen-bond donors (Lipinski definition) is 2. The third kappa shape index (κ3) is 5.57. The van der Waals surface area contributed by atoms with E-state index in [9.17, 15) is 13.2 Å². The maximum atomic E-state index is 12.5. The molecule has 0 radical (unpaired) electrons. The number of aryl methyl sites for hydroxylation is 1. The molecule has 0 unspecified atom stereocenters. The zero-order valence-corrected chi connectivity index (χ0v) is 20.8. The van der Waals surface area contributed by atoms with Crippen LogP contribution < -0.4 is 15.5 Å². The van der Waals surface area contributed by atoms with Crippen molar-refractivity contribution in [2.24, 2.45) is 5.10 Å². The summed E-state index contributed by atoms with van der Waals surface area (Å²) in [5.74, 6) is 0.418. The lowest BCUT2D eigenvalue weighted by atomic mass is 10.1. The summed E-state index contributed by atoms with van der Waals surface area (Å²) in [5.41, 5.74) is 6.98. The molecular weight excluding hydrogens is 513 g/mol. The normalized spacial score (nSPS) is 11.8. The number of pyridine rings is 1. The fraction of sp³-hybridized carbons (Fsp3) is 0.111. The molecule has 5 aromatic rings. The molecular formula is C27H21F3N6OS. The summed E-state index contributed by atoms with van der Waals surface area (Å²) in [6.45, 7) is 2.04. The molecule has 0 spiro atoms. The second-order valence-corrected chi connectivity index (χ2v) is 8.67. The number of aromatic nitrogens is 3. The van der Waals surface area contributed by atoms with Gasteiger partial charge in [-0.1, -0.05) is 31.2 Å². The predicted octanol–water partition coefficient (Wildman–Crippen LogP) is 6.36. The molecule has 11 heteroatoms. The molecule has 0 saturated heterocycles. The van der Waals surface area contributed by atoms with Crippen molar-refractivity contribution in [3.63, 3.8) is 0 Å². The van der Waals surface area contributed by atoms with Crippen molar-refractivity contribution >= 4 is 51.2 Å².